The number of halogens is 1. The molecule has 0 saturated carbocycles. The lowest BCUT2D eigenvalue weighted by Crippen LogP contribution is -2.30. The van der Waals surface area contributed by atoms with Crippen molar-refractivity contribution in [2.75, 3.05) is 40.6 Å². The standard InChI is InChI=1S/C24H41NO5.ClH/c1-20(24(27)25-15-8-9-16-26)11-6-4-5-7-12-21-13-14-22(29-3)23(19-21)30-18-10-17-28-2;/h13-14,19-20,26H,4-12,15-18H2,1-3H3,(H,25,27);1H/t20-;/m1./s1. The molecule has 0 unspecified atom stereocenters. The predicted molar refractivity (Wildman–Crippen MR) is 128 cm³/mol. The van der Waals surface area contributed by atoms with Crippen molar-refractivity contribution in [2.45, 2.75) is 64.7 Å². The summed E-state index contributed by atoms with van der Waals surface area (Å²) in [7, 11) is 3.35. The van der Waals surface area contributed by atoms with E-state index < -0.39 is 0 Å². The van der Waals surface area contributed by atoms with Gasteiger partial charge >= 0.3 is 0 Å². The molecule has 2 N–H and O–H groups in total. The number of carbonyl (C=O) groups is 1. The highest BCUT2D eigenvalue weighted by Gasteiger charge is 2.11. The average Bonchev–Trinajstić information content (AvgIpc) is 2.76. The summed E-state index contributed by atoms with van der Waals surface area (Å²) in [5.41, 5.74) is 1.26. The third kappa shape index (κ3) is 13.5. The van der Waals surface area contributed by atoms with E-state index in [1.807, 2.05) is 13.0 Å². The van der Waals surface area contributed by atoms with Crippen LogP contribution in [0.25, 0.3) is 0 Å². The SMILES string of the molecule is COCCCOc1cc(CCCCCC[C@@H](C)C(=O)NCCCCO)ccc1OC.Cl. The van der Waals surface area contributed by atoms with Crippen molar-refractivity contribution < 1.29 is 24.1 Å². The Morgan fingerprint density at radius 3 is 2.48 bits per heavy atom. The molecule has 0 spiro atoms. The second-order valence-corrected chi connectivity index (χ2v) is 7.76. The Morgan fingerprint density at radius 1 is 1.00 bits per heavy atom. The number of methoxy groups -OCH3 is 2. The van der Waals surface area contributed by atoms with Crippen molar-refractivity contribution in [3.63, 3.8) is 0 Å². The fraction of sp³-hybridized carbons (Fsp3) is 0.708. The van der Waals surface area contributed by atoms with Gasteiger partial charge < -0.3 is 24.6 Å². The number of ether oxygens (including phenoxy) is 3. The normalized spacial score (nSPS) is 11.5. The zero-order valence-corrected chi connectivity index (χ0v) is 20.3. The van der Waals surface area contributed by atoms with Gasteiger partial charge in [0.05, 0.1) is 13.7 Å². The minimum Gasteiger partial charge on any atom is -0.493 e. The summed E-state index contributed by atoms with van der Waals surface area (Å²) in [5.74, 6) is 1.74. The number of nitrogens with one attached hydrogen (secondary N) is 1. The molecule has 180 valence electrons. The molecular formula is C24H42ClNO5. The molecule has 0 bridgehead atoms. The van der Waals surface area contributed by atoms with Crippen molar-refractivity contribution >= 4 is 18.3 Å². The van der Waals surface area contributed by atoms with Crippen LogP contribution in [0.4, 0.5) is 0 Å². The predicted octanol–water partition coefficient (Wildman–Crippen LogP) is 4.55. The maximum Gasteiger partial charge on any atom is 0.222 e. The van der Waals surface area contributed by atoms with E-state index in [1.165, 1.54) is 5.56 Å². The Labute approximate surface area is 194 Å². The average molecular weight is 460 g/mol. The zero-order chi connectivity index (χ0) is 22.0. The van der Waals surface area contributed by atoms with Gasteiger partial charge in [-0.3, -0.25) is 4.79 Å². The van der Waals surface area contributed by atoms with Crippen molar-refractivity contribution in [2.24, 2.45) is 5.92 Å². The van der Waals surface area contributed by atoms with Crippen LogP contribution in [0.3, 0.4) is 0 Å². The monoisotopic (exact) mass is 459 g/mol. The van der Waals surface area contributed by atoms with Crippen LogP contribution in [-0.2, 0) is 16.0 Å². The molecule has 1 atom stereocenters. The number of unbranched alkanes of at least 4 members (excludes halogenated alkanes) is 4. The molecule has 6 nitrogen and oxygen atoms in total. The second kappa shape index (κ2) is 19.2. The van der Waals surface area contributed by atoms with E-state index in [1.54, 1.807) is 14.2 Å². The fourth-order valence-corrected chi connectivity index (χ4v) is 3.26. The van der Waals surface area contributed by atoms with Gasteiger partial charge in [0.2, 0.25) is 5.91 Å². The van der Waals surface area contributed by atoms with Gasteiger partial charge in [-0.25, -0.2) is 0 Å². The van der Waals surface area contributed by atoms with E-state index in [2.05, 4.69) is 17.4 Å². The van der Waals surface area contributed by atoms with Crippen LogP contribution in [-0.4, -0.2) is 51.6 Å². The van der Waals surface area contributed by atoms with E-state index in [4.69, 9.17) is 19.3 Å². The van der Waals surface area contributed by atoms with Crippen LogP contribution in [0.2, 0.25) is 0 Å². The van der Waals surface area contributed by atoms with Gasteiger partial charge in [0.1, 0.15) is 0 Å². The van der Waals surface area contributed by atoms with E-state index in [0.29, 0.717) is 19.8 Å². The van der Waals surface area contributed by atoms with Gasteiger partial charge in [-0.05, 0) is 49.8 Å². The summed E-state index contributed by atoms with van der Waals surface area (Å²) >= 11 is 0. The van der Waals surface area contributed by atoms with Gasteiger partial charge in [-0.2, -0.15) is 0 Å². The Balaban J connectivity index is 0.00000900. The molecule has 31 heavy (non-hydrogen) atoms. The fourth-order valence-electron chi connectivity index (χ4n) is 3.26. The summed E-state index contributed by atoms with van der Waals surface area (Å²) in [6.07, 6.45) is 8.85. The summed E-state index contributed by atoms with van der Waals surface area (Å²) < 4.78 is 16.3. The number of amides is 1. The molecule has 0 aliphatic heterocycles. The molecule has 0 aliphatic rings. The molecule has 7 heteroatoms. The topological polar surface area (TPSA) is 77.0 Å². The first-order valence-corrected chi connectivity index (χ1v) is 11.3. The number of aliphatic hydroxyl groups is 1. The van der Waals surface area contributed by atoms with E-state index in [-0.39, 0.29) is 30.8 Å². The highest BCUT2D eigenvalue weighted by atomic mass is 35.5. The van der Waals surface area contributed by atoms with Gasteiger partial charge in [-0.15, -0.1) is 12.4 Å². The zero-order valence-electron chi connectivity index (χ0n) is 19.5. The highest BCUT2D eigenvalue weighted by molar-refractivity contribution is 5.85. The van der Waals surface area contributed by atoms with E-state index in [0.717, 1.165) is 69.3 Å². The number of hydrogen-bond acceptors (Lipinski definition) is 5. The lowest BCUT2D eigenvalue weighted by molar-refractivity contribution is -0.124. The van der Waals surface area contributed by atoms with Crippen molar-refractivity contribution in [1.29, 1.82) is 0 Å². The first-order chi connectivity index (χ1) is 14.6. The first kappa shape index (κ1) is 29.5. The van der Waals surface area contributed by atoms with Crippen LogP contribution in [0.15, 0.2) is 18.2 Å². The number of aliphatic hydroxyl groups excluding tert-OH is 1. The summed E-state index contributed by atoms with van der Waals surface area (Å²) in [5, 5.41) is 11.7. The van der Waals surface area contributed by atoms with Crippen LogP contribution in [0, 0.1) is 5.92 Å². The molecule has 1 rings (SSSR count). The van der Waals surface area contributed by atoms with Gasteiger partial charge in [0.25, 0.3) is 0 Å². The molecule has 0 aliphatic carbocycles. The summed E-state index contributed by atoms with van der Waals surface area (Å²) in [6, 6.07) is 6.15. The Kier molecular flexibility index (Phi) is 18.3. The number of benzene rings is 1. The highest BCUT2D eigenvalue weighted by Crippen LogP contribution is 2.29. The largest absolute Gasteiger partial charge is 0.493 e. The summed E-state index contributed by atoms with van der Waals surface area (Å²) in [4.78, 5) is 12.0. The Morgan fingerprint density at radius 2 is 1.77 bits per heavy atom. The molecule has 0 radical (unpaired) electrons. The molecule has 0 fully saturated rings. The maximum absolute atomic E-state index is 12.0. The quantitative estimate of drug-likeness (QED) is 0.315. The van der Waals surface area contributed by atoms with Crippen LogP contribution >= 0.6 is 12.4 Å². The summed E-state index contributed by atoms with van der Waals surface area (Å²) in [6.45, 7) is 4.13. The Bertz CT molecular complexity index is 585. The Hall–Kier alpha value is -1.50. The first-order valence-electron chi connectivity index (χ1n) is 11.3. The maximum atomic E-state index is 12.0. The van der Waals surface area contributed by atoms with Crippen LogP contribution < -0.4 is 14.8 Å². The van der Waals surface area contributed by atoms with Gasteiger partial charge in [0, 0.05) is 39.2 Å². The number of aryl methyl sites for hydroxylation is 1. The molecule has 1 amide bonds. The van der Waals surface area contributed by atoms with Crippen molar-refractivity contribution in [3.05, 3.63) is 23.8 Å². The molecule has 0 aromatic heterocycles. The molecular weight excluding hydrogens is 418 g/mol. The molecule has 1 aromatic rings. The lowest BCUT2D eigenvalue weighted by atomic mass is 10.00. The van der Waals surface area contributed by atoms with Crippen LogP contribution in [0.1, 0.15) is 63.9 Å². The van der Waals surface area contributed by atoms with Gasteiger partial charge in [0.15, 0.2) is 11.5 Å². The number of hydrogen-bond donors (Lipinski definition) is 2. The minimum absolute atomic E-state index is 0. The van der Waals surface area contributed by atoms with Crippen molar-refractivity contribution in [1.82, 2.24) is 5.32 Å². The smallest absolute Gasteiger partial charge is 0.222 e. The second-order valence-electron chi connectivity index (χ2n) is 7.76. The van der Waals surface area contributed by atoms with Gasteiger partial charge in [-0.1, -0.05) is 32.3 Å². The molecule has 1 aromatic carbocycles. The third-order valence-corrected chi connectivity index (χ3v) is 5.16. The molecule has 0 saturated heterocycles. The minimum atomic E-state index is 0. The lowest BCUT2D eigenvalue weighted by Gasteiger charge is -2.13. The van der Waals surface area contributed by atoms with Crippen molar-refractivity contribution in [3.8, 4) is 11.5 Å². The number of rotatable bonds is 18. The molecule has 0 heterocycles. The van der Waals surface area contributed by atoms with Crippen LogP contribution in [0.5, 0.6) is 11.5 Å². The van der Waals surface area contributed by atoms with E-state index >= 15 is 0 Å². The van der Waals surface area contributed by atoms with E-state index in [9.17, 15) is 4.79 Å². The third-order valence-electron chi connectivity index (χ3n) is 5.16. The number of carbonyl (C=O) groups excluding carboxylic acids is 1.